The lowest BCUT2D eigenvalue weighted by molar-refractivity contribution is 0.628. The van der Waals surface area contributed by atoms with E-state index in [9.17, 15) is 4.39 Å². The van der Waals surface area contributed by atoms with Crippen LogP contribution >= 0.6 is 0 Å². The summed E-state index contributed by atoms with van der Waals surface area (Å²) >= 11 is 0. The van der Waals surface area contributed by atoms with Crippen molar-refractivity contribution in [1.82, 2.24) is 40.4 Å². The van der Waals surface area contributed by atoms with Gasteiger partial charge in [0.2, 0.25) is 0 Å². The van der Waals surface area contributed by atoms with Crippen molar-refractivity contribution < 1.29 is 4.39 Å². The van der Waals surface area contributed by atoms with Crippen LogP contribution in [0.5, 0.6) is 0 Å². The Bertz CT molecular complexity index is 1670. The molecule has 35 heavy (non-hydrogen) atoms. The van der Waals surface area contributed by atoms with E-state index in [1.54, 1.807) is 24.7 Å². The third-order valence-corrected chi connectivity index (χ3v) is 5.87. The summed E-state index contributed by atoms with van der Waals surface area (Å²) in [5.74, 6) is 0.283. The monoisotopic (exact) mass is 464 g/mol. The molecule has 6 aromatic rings. The number of nitrogens with zero attached hydrogens (tertiary/aromatic N) is 5. The molecule has 0 amide bonds. The quantitative estimate of drug-likeness (QED) is 0.324. The van der Waals surface area contributed by atoms with Gasteiger partial charge in [-0.3, -0.25) is 20.1 Å². The van der Waals surface area contributed by atoms with Gasteiger partial charge in [0, 0.05) is 41.6 Å². The molecule has 5 heterocycles. The van der Waals surface area contributed by atoms with Crippen molar-refractivity contribution in [3.05, 3.63) is 78.8 Å². The molecule has 0 bridgehead atoms. The summed E-state index contributed by atoms with van der Waals surface area (Å²) in [5.41, 5.74) is 7.18. The standard InChI is InChI=1S/C26H21FN8/c1-2-28-9-15-6-17(11-29-10-15)21-8-19-22(14-31-21)34-35-25(19)26-32-23-13-30-12-20(24(23)33-26)16-4-3-5-18(27)7-16/h3-8,10-14,28H,2,9H2,1H3,(H,32,33)(H,34,35). The number of aromatic nitrogens is 7. The van der Waals surface area contributed by atoms with Crippen molar-refractivity contribution >= 4 is 21.9 Å². The van der Waals surface area contributed by atoms with E-state index in [1.807, 2.05) is 24.5 Å². The number of benzene rings is 1. The Morgan fingerprint density at radius 3 is 2.74 bits per heavy atom. The van der Waals surface area contributed by atoms with Crippen LogP contribution in [0, 0.1) is 5.82 Å². The molecule has 0 aliphatic carbocycles. The lowest BCUT2D eigenvalue weighted by Crippen LogP contribution is -2.11. The van der Waals surface area contributed by atoms with Gasteiger partial charge in [0.1, 0.15) is 11.5 Å². The number of halogens is 1. The highest BCUT2D eigenvalue weighted by atomic mass is 19.1. The highest BCUT2D eigenvalue weighted by Crippen LogP contribution is 2.32. The van der Waals surface area contributed by atoms with E-state index in [0.717, 1.165) is 51.9 Å². The molecule has 3 N–H and O–H groups in total. The van der Waals surface area contributed by atoms with Crippen molar-refractivity contribution in [3.8, 4) is 33.9 Å². The molecule has 0 aliphatic rings. The zero-order chi connectivity index (χ0) is 23.8. The number of fused-ring (bicyclic) bond motifs is 2. The van der Waals surface area contributed by atoms with Crippen LogP contribution in [-0.4, -0.2) is 41.7 Å². The number of imidazole rings is 1. The largest absolute Gasteiger partial charge is 0.335 e. The average Bonchev–Trinajstić information content (AvgIpc) is 3.51. The van der Waals surface area contributed by atoms with Crippen LogP contribution in [0.1, 0.15) is 12.5 Å². The molecule has 0 atom stereocenters. The SMILES string of the molecule is CCNCc1cncc(-c2cc3c(-c4nc5c(-c6cccc(F)c6)cncc5[nH]4)n[nH]c3cn2)c1. The van der Waals surface area contributed by atoms with Gasteiger partial charge in [0.05, 0.1) is 34.6 Å². The van der Waals surface area contributed by atoms with E-state index in [0.29, 0.717) is 22.6 Å². The third-order valence-electron chi connectivity index (χ3n) is 5.87. The molecule has 0 aliphatic heterocycles. The van der Waals surface area contributed by atoms with Crippen LogP contribution in [0.2, 0.25) is 0 Å². The predicted molar refractivity (Wildman–Crippen MR) is 133 cm³/mol. The van der Waals surface area contributed by atoms with Crippen LogP contribution in [-0.2, 0) is 6.54 Å². The fourth-order valence-corrected chi connectivity index (χ4v) is 4.16. The number of aromatic amines is 2. The Labute approximate surface area is 199 Å². The highest BCUT2D eigenvalue weighted by molar-refractivity contribution is 5.97. The zero-order valence-electron chi connectivity index (χ0n) is 18.9. The van der Waals surface area contributed by atoms with Gasteiger partial charge >= 0.3 is 0 Å². The minimum absolute atomic E-state index is 0.308. The molecule has 9 heteroatoms. The molecule has 0 saturated carbocycles. The molecule has 5 aromatic heterocycles. The van der Waals surface area contributed by atoms with Gasteiger partial charge in [-0.2, -0.15) is 5.10 Å². The van der Waals surface area contributed by atoms with Gasteiger partial charge < -0.3 is 10.3 Å². The van der Waals surface area contributed by atoms with Gasteiger partial charge in [-0.15, -0.1) is 0 Å². The Balaban J connectivity index is 1.44. The fourth-order valence-electron chi connectivity index (χ4n) is 4.16. The van der Waals surface area contributed by atoms with Gasteiger partial charge in [0.25, 0.3) is 0 Å². The smallest absolute Gasteiger partial charge is 0.159 e. The summed E-state index contributed by atoms with van der Waals surface area (Å²) in [6.45, 7) is 3.71. The molecule has 0 fully saturated rings. The van der Waals surface area contributed by atoms with E-state index in [-0.39, 0.29) is 5.82 Å². The third kappa shape index (κ3) is 3.91. The molecule has 172 valence electrons. The van der Waals surface area contributed by atoms with Crippen molar-refractivity contribution in [3.63, 3.8) is 0 Å². The van der Waals surface area contributed by atoms with Crippen molar-refractivity contribution in [2.24, 2.45) is 0 Å². The maximum atomic E-state index is 13.8. The molecule has 0 radical (unpaired) electrons. The first kappa shape index (κ1) is 21.1. The lowest BCUT2D eigenvalue weighted by Gasteiger charge is -2.05. The Kier molecular flexibility index (Phi) is 5.23. The van der Waals surface area contributed by atoms with Crippen LogP contribution in [0.15, 0.2) is 67.4 Å². The first-order valence-corrected chi connectivity index (χ1v) is 11.3. The number of hydrogen-bond acceptors (Lipinski definition) is 6. The van der Waals surface area contributed by atoms with E-state index < -0.39 is 0 Å². The van der Waals surface area contributed by atoms with Gasteiger partial charge in [-0.05, 0) is 41.9 Å². The maximum Gasteiger partial charge on any atom is 0.159 e. The number of H-pyrrole nitrogens is 2. The van der Waals surface area contributed by atoms with E-state index in [2.05, 4.69) is 48.4 Å². The molecule has 0 unspecified atom stereocenters. The first-order valence-electron chi connectivity index (χ1n) is 11.3. The molecule has 8 nitrogen and oxygen atoms in total. The second-order valence-electron chi connectivity index (χ2n) is 8.23. The molecular weight excluding hydrogens is 443 g/mol. The highest BCUT2D eigenvalue weighted by Gasteiger charge is 2.17. The van der Waals surface area contributed by atoms with Gasteiger partial charge in [-0.1, -0.05) is 19.1 Å². The summed E-state index contributed by atoms with van der Waals surface area (Å²) in [4.78, 5) is 21.4. The summed E-state index contributed by atoms with van der Waals surface area (Å²) in [6.07, 6.45) is 8.83. The van der Waals surface area contributed by atoms with Gasteiger partial charge in [-0.25, -0.2) is 9.37 Å². The predicted octanol–water partition coefficient (Wildman–Crippen LogP) is 4.87. The van der Waals surface area contributed by atoms with Crippen LogP contribution in [0.3, 0.4) is 0 Å². The molecular formula is C26H21FN8. The van der Waals surface area contributed by atoms with E-state index >= 15 is 0 Å². The summed E-state index contributed by atoms with van der Waals surface area (Å²) in [7, 11) is 0. The summed E-state index contributed by atoms with van der Waals surface area (Å²) < 4.78 is 13.8. The van der Waals surface area contributed by atoms with Crippen molar-refractivity contribution in [1.29, 1.82) is 0 Å². The average molecular weight is 465 g/mol. The van der Waals surface area contributed by atoms with Crippen LogP contribution in [0.25, 0.3) is 55.8 Å². The Morgan fingerprint density at radius 2 is 1.86 bits per heavy atom. The summed E-state index contributed by atoms with van der Waals surface area (Å²) in [6, 6.07) is 10.5. The second-order valence-corrected chi connectivity index (χ2v) is 8.23. The van der Waals surface area contributed by atoms with Crippen molar-refractivity contribution in [2.45, 2.75) is 13.5 Å². The number of rotatable bonds is 6. The Hall–Kier alpha value is -4.50. The molecule has 0 spiro atoms. The summed E-state index contributed by atoms with van der Waals surface area (Å²) in [5, 5.41) is 11.7. The number of hydrogen-bond donors (Lipinski definition) is 3. The van der Waals surface area contributed by atoms with Crippen LogP contribution in [0.4, 0.5) is 4.39 Å². The van der Waals surface area contributed by atoms with E-state index in [1.165, 1.54) is 12.1 Å². The second kappa shape index (κ2) is 8.69. The number of pyridine rings is 3. The fraction of sp³-hybridized carbons (Fsp3) is 0.115. The molecule has 6 rings (SSSR count). The minimum atomic E-state index is -0.308. The normalized spacial score (nSPS) is 11.5. The van der Waals surface area contributed by atoms with Crippen LogP contribution < -0.4 is 5.32 Å². The molecule has 0 saturated heterocycles. The Morgan fingerprint density at radius 1 is 0.943 bits per heavy atom. The minimum Gasteiger partial charge on any atom is -0.335 e. The zero-order valence-corrected chi connectivity index (χ0v) is 18.9. The number of nitrogens with one attached hydrogen (secondary N) is 3. The van der Waals surface area contributed by atoms with Gasteiger partial charge in [0.15, 0.2) is 5.82 Å². The molecule has 1 aromatic carbocycles. The first-order chi connectivity index (χ1) is 17.2. The topological polar surface area (TPSA) is 108 Å². The lowest BCUT2D eigenvalue weighted by atomic mass is 10.1. The van der Waals surface area contributed by atoms with E-state index in [4.69, 9.17) is 4.98 Å². The van der Waals surface area contributed by atoms with Crippen molar-refractivity contribution in [2.75, 3.05) is 6.54 Å². The maximum absolute atomic E-state index is 13.8.